The monoisotopic (exact) mass is 287 g/mol. The van der Waals surface area contributed by atoms with E-state index in [0.717, 1.165) is 12.8 Å². The van der Waals surface area contributed by atoms with Gasteiger partial charge in [-0.15, -0.1) is 11.3 Å². The van der Waals surface area contributed by atoms with Gasteiger partial charge in [-0.2, -0.15) is 5.26 Å². The molecule has 0 bridgehead atoms. The van der Waals surface area contributed by atoms with Crippen molar-refractivity contribution in [2.24, 2.45) is 0 Å². The third kappa shape index (κ3) is 1.85. The molecule has 5 N–H and O–H groups in total. The van der Waals surface area contributed by atoms with Crippen molar-refractivity contribution in [3.63, 3.8) is 0 Å². The van der Waals surface area contributed by atoms with Crippen molar-refractivity contribution in [3.8, 4) is 6.07 Å². The summed E-state index contributed by atoms with van der Waals surface area (Å²) in [7, 11) is 0. The molecule has 2 aromatic heterocycles. The minimum absolute atomic E-state index is 0.174. The van der Waals surface area contributed by atoms with Gasteiger partial charge in [-0.05, 0) is 25.3 Å². The van der Waals surface area contributed by atoms with Gasteiger partial charge in [0.2, 0.25) is 0 Å². The van der Waals surface area contributed by atoms with E-state index in [4.69, 9.17) is 16.7 Å². The summed E-state index contributed by atoms with van der Waals surface area (Å²) in [5.41, 5.74) is 13.2. The van der Waals surface area contributed by atoms with Crippen molar-refractivity contribution in [2.75, 3.05) is 11.5 Å². The highest BCUT2D eigenvalue weighted by Gasteiger charge is 2.27. The minimum atomic E-state index is -0.176. The highest BCUT2D eigenvalue weighted by Crippen LogP contribution is 2.37. The van der Waals surface area contributed by atoms with E-state index < -0.39 is 0 Å². The Morgan fingerprint density at radius 2 is 2.20 bits per heavy atom. The average molecular weight is 287 g/mol. The maximum atomic E-state index is 12.1. The van der Waals surface area contributed by atoms with Crippen molar-refractivity contribution in [1.82, 2.24) is 10.3 Å². The lowest BCUT2D eigenvalue weighted by Crippen LogP contribution is -2.25. The number of amides is 1. The molecule has 7 heteroatoms. The predicted molar refractivity (Wildman–Crippen MR) is 78.4 cm³/mol. The maximum absolute atomic E-state index is 12.1. The number of pyridine rings is 1. The fourth-order valence-corrected chi connectivity index (χ4v) is 3.21. The van der Waals surface area contributed by atoms with Crippen LogP contribution in [0.1, 0.15) is 33.6 Å². The molecular formula is C13H13N5OS. The largest absolute Gasteiger partial charge is 0.397 e. The number of nitrogen functional groups attached to an aromatic ring is 2. The summed E-state index contributed by atoms with van der Waals surface area (Å²) in [5, 5.41) is 12.7. The van der Waals surface area contributed by atoms with Gasteiger partial charge >= 0.3 is 0 Å². The lowest BCUT2D eigenvalue weighted by Gasteiger charge is -2.04. The Hall–Kier alpha value is -2.33. The normalized spacial score (nSPS) is 14.2. The van der Waals surface area contributed by atoms with Crippen LogP contribution in [0.3, 0.4) is 0 Å². The number of nitrogens with zero attached hydrogens (tertiary/aromatic N) is 2. The number of hydrogen-bond acceptors (Lipinski definition) is 6. The topological polar surface area (TPSA) is 118 Å². The number of aromatic nitrogens is 1. The SMILES string of the molecule is Cc1c(C#N)c(N)nc2sc(C(=O)NC3CC3)c(N)c12. The number of anilines is 2. The number of aryl methyl sites for hydroxylation is 1. The summed E-state index contributed by atoms with van der Waals surface area (Å²) in [6.45, 7) is 1.77. The second-order valence-corrected chi connectivity index (χ2v) is 5.88. The first kappa shape index (κ1) is 12.7. The Kier molecular flexibility index (Phi) is 2.76. The average Bonchev–Trinajstić information content (AvgIpc) is 3.13. The first-order chi connectivity index (χ1) is 9.52. The zero-order valence-electron chi connectivity index (χ0n) is 10.9. The molecule has 1 aliphatic carbocycles. The van der Waals surface area contributed by atoms with Crippen LogP contribution in [0.2, 0.25) is 0 Å². The fourth-order valence-electron chi connectivity index (χ4n) is 2.14. The summed E-state index contributed by atoms with van der Waals surface area (Å²) < 4.78 is 0. The molecule has 0 atom stereocenters. The summed E-state index contributed by atoms with van der Waals surface area (Å²) in [4.78, 5) is 17.3. The highest BCUT2D eigenvalue weighted by molar-refractivity contribution is 7.21. The number of rotatable bonds is 2. The molecule has 0 saturated heterocycles. The summed E-state index contributed by atoms with van der Waals surface area (Å²) >= 11 is 1.21. The van der Waals surface area contributed by atoms with Gasteiger partial charge < -0.3 is 16.8 Å². The fraction of sp³-hybridized carbons (Fsp3) is 0.308. The summed E-state index contributed by atoms with van der Waals surface area (Å²) in [6.07, 6.45) is 2.03. The van der Waals surface area contributed by atoms with Crippen LogP contribution in [0.25, 0.3) is 10.2 Å². The van der Waals surface area contributed by atoms with Gasteiger partial charge in [-0.3, -0.25) is 4.79 Å². The highest BCUT2D eigenvalue weighted by atomic mass is 32.1. The van der Waals surface area contributed by atoms with Gasteiger partial charge in [0.25, 0.3) is 5.91 Å². The van der Waals surface area contributed by atoms with E-state index in [2.05, 4.69) is 10.3 Å². The molecule has 0 aromatic carbocycles. The third-order valence-corrected chi connectivity index (χ3v) is 4.48. The molecular weight excluding hydrogens is 274 g/mol. The summed E-state index contributed by atoms with van der Waals surface area (Å²) in [5.74, 6) is -0.00243. The molecule has 1 saturated carbocycles. The third-order valence-electron chi connectivity index (χ3n) is 3.39. The van der Waals surface area contributed by atoms with E-state index in [1.54, 1.807) is 6.92 Å². The van der Waals surface area contributed by atoms with Crippen LogP contribution in [0.15, 0.2) is 0 Å². The van der Waals surface area contributed by atoms with Gasteiger partial charge in [0.15, 0.2) is 0 Å². The second-order valence-electron chi connectivity index (χ2n) is 4.88. The van der Waals surface area contributed by atoms with E-state index in [9.17, 15) is 4.79 Å². The maximum Gasteiger partial charge on any atom is 0.263 e. The van der Waals surface area contributed by atoms with Crippen molar-refractivity contribution >= 4 is 39.0 Å². The first-order valence-corrected chi connectivity index (χ1v) is 7.03. The van der Waals surface area contributed by atoms with Crippen molar-refractivity contribution in [3.05, 3.63) is 16.0 Å². The predicted octanol–water partition coefficient (Wildman–Crippen LogP) is 1.53. The van der Waals surface area contributed by atoms with Gasteiger partial charge in [0.1, 0.15) is 21.6 Å². The van der Waals surface area contributed by atoms with Gasteiger partial charge in [0.05, 0.1) is 11.3 Å². The molecule has 1 fully saturated rings. The van der Waals surface area contributed by atoms with E-state index in [1.807, 2.05) is 6.07 Å². The molecule has 20 heavy (non-hydrogen) atoms. The molecule has 102 valence electrons. The number of hydrogen-bond donors (Lipinski definition) is 3. The molecule has 0 radical (unpaired) electrons. The van der Waals surface area contributed by atoms with E-state index in [0.29, 0.717) is 31.9 Å². The van der Waals surface area contributed by atoms with Crippen LogP contribution in [0.4, 0.5) is 11.5 Å². The molecule has 6 nitrogen and oxygen atoms in total. The molecule has 1 amide bonds. The van der Waals surface area contributed by atoms with Crippen molar-refractivity contribution < 1.29 is 4.79 Å². The van der Waals surface area contributed by atoms with Crippen LogP contribution in [0, 0.1) is 18.3 Å². The number of fused-ring (bicyclic) bond motifs is 1. The van der Waals surface area contributed by atoms with Crippen LogP contribution in [-0.2, 0) is 0 Å². The van der Waals surface area contributed by atoms with Gasteiger partial charge in [-0.1, -0.05) is 0 Å². The Morgan fingerprint density at radius 3 is 2.80 bits per heavy atom. The van der Waals surface area contributed by atoms with Crippen LogP contribution in [-0.4, -0.2) is 16.9 Å². The van der Waals surface area contributed by atoms with Crippen LogP contribution >= 0.6 is 11.3 Å². The molecule has 1 aliphatic rings. The Bertz CT molecular complexity index is 769. The lowest BCUT2D eigenvalue weighted by molar-refractivity contribution is 0.0956. The number of carbonyl (C=O) groups is 1. The lowest BCUT2D eigenvalue weighted by atomic mass is 10.1. The molecule has 2 heterocycles. The van der Waals surface area contributed by atoms with Gasteiger partial charge in [0, 0.05) is 11.4 Å². The Balaban J connectivity index is 2.17. The molecule has 3 rings (SSSR count). The standard InChI is InChI=1S/C13H13N5OS/c1-5-7(4-14)11(16)18-13-8(5)9(15)10(20-13)12(19)17-6-2-3-6/h6H,2-3,15H2,1H3,(H2,16,18)(H,17,19). The minimum Gasteiger partial charge on any atom is -0.397 e. The molecule has 0 aliphatic heterocycles. The second kappa shape index (κ2) is 4.35. The van der Waals surface area contributed by atoms with E-state index in [-0.39, 0.29) is 17.8 Å². The summed E-state index contributed by atoms with van der Waals surface area (Å²) in [6, 6.07) is 2.29. The number of nitriles is 1. The van der Waals surface area contributed by atoms with Crippen LogP contribution in [0.5, 0.6) is 0 Å². The number of carbonyl (C=O) groups excluding carboxylic acids is 1. The van der Waals surface area contributed by atoms with Crippen molar-refractivity contribution in [1.29, 1.82) is 5.26 Å². The Morgan fingerprint density at radius 1 is 1.50 bits per heavy atom. The van der Waals surface area contributed by atoms with E-state index >= 15 is 0 Å². The Labute approximate surface area is 119 Å². The zero-order valence-corrected chi connectivity index (χ0v) is 11.7. The quantitative estimate of drug-likeness (QED) is 0.774. The number of nitrogens with one attached hydrogen (secondary N) is 1. The molecule has 0 unspecified atom stereocenters. The number of thiophene rings is 1. The molecule has 2 aromatic rings. The van der Waals surface area contributed by atoms with Gasteiger partial charge in [-0.25, -0.2) is 4.98 Å². The van der Waals surface area contributed by atoms with E-state index in [1.165, 1.54) is 11.3 Å². The number of nitrogens with two attached hydrogens (primary N) is 2. The molecule has 0 spiro atoms. The van der Waals surface area contributed by atoms with Crippen molar-refractivity contribution in [2.45, 2.75) is 25.8 Å². The van der Waals surface area contributed by atoms with Crippen LogP contribution < -0.4 is 16.8 Å². The smallest absolute Gasteiger partial charge is 0.263 e. The zero-order chi connectivity index (χ0) is 14.4. The first-order valence-electron chi connectivity index (χ1n) is 6.22.